The monoisotopic (exact) mass is 472 g/mol. The smallest absolute Gasteiger partial charge is 0.257 e. The highest BCUT2D eigenvalue weighted by atomic mass is 16.5. The number of hydrogen-bond donors (Lipinski definition) is 1. The molecule has 5 rings (SSSR count). The van der Waals surface area contributed by atoms with Crippen molar-refractivity contribution < 1.29 is 9.53 Å². The van der Waals surface area contributed by atoms with Crippen molar-refractivity contribution in [2.24, 2.45) is 0 Å². The van der Waals surface area contributed by atoms with Gasteiger partial charge in [-0.3, -0.25) is 14.7 Å². The molecule has 2 aromatic carbocycles. The van der Waals surface area contributed by atoms with Crippen LogP contribution in [-0.2, 0) is 11.3 Å². The lowest BCUT2D eigenvalue weighted by Gasteiger charge is -2.29. The number of benzene rings is 2. The van der Waals surface area contributed by atoms with Crippen molar-refractivity contribution >= 4 is 28.2 Å². The highest BCUT2D eigenvalue weighted by molar-refractivity contribution is 6.09. The van der Waals surface area contributed by atoms with Gasteiger partial charge in [-0.15, -0.1) is 0 Å². The number of nitrogens with one attached hydrogen (secondary N) is 1. The van der Waals surface area contributed by atoms with E-state index in [1.165, 1.54) is 24.0 Å². The number of rotatable bonds is 6. The molecule has 6 nitrogen and oxygen atoms in total. The molecule has 0 saturated carbocycles. The zero-order chi connectivity index (χ0) is 24.4. The van der Waals surface area contributed by atoms with Crippen LogP contribution in [0.2, 0.25) is 0 Å². The van der Waals surface area contributed by atoms with E-state index in [0.717, 1.165) is 79.3 Å². The van der Waals surface area contributed by atoms with Gasteiger partial charge in [-0.05, 0) is 80.6 Å². The Balaban J connectivity index is 1.46. The highest BCUT2D eigenvalue weighted by Gasteiger charge is 2.27. The predicted octanol–water partition coefficient (Wildman–Crippen LogP) is 5.31. The molecule has 3 heterocycles. The molecule has 1 amide bonds. The Labute approximate surface area is 208 Å². The van der Waals surface area contributed by atoms with Gasteiger partial charge in [-0.25, -0.2) is 0 Å². The van der Waals surface area contributed by atoms with Crippen molar-refractivity contribution in [1.82, 2.24) is 9.88 Å². The largest absolute Gasteiger partial charge is 0.379 e. The van der Waals surface area contributed by atoms with E-state index in [1.54, 1.807) is 0 Å². The molecule has 2 aliphatic heterocycles. The van der Waals surface area contributed by atoms with Gasteiger partial charge in [0.15, 0.2) is 0 Å². The van der Waals surface area contributed by atoms with Gasteiger partial charge in [0.2, 0.25) is 0 Å². The van der Waals surface area contributed by atoms with Crippen LogP contribution < -0.4 is 10.2 Å². The lowest BCUT2D eigenvalue weighted by atomic mass is 10.0. The van der Waals surface area contributed by atoms with Crippen LogP contribution in [0.25, 0.3) is 10.9 Å². The molecule has 3 aromatic rings. The van der Waals surface area contributed by atoms with Crippen molar-refractivity contribution in [3.8, 4) is 0 Å². The first kappa shape index (κ1) is 23.8. The minimum absolute atomic E-state index is 0.0531. The number of amides is 1. The molecule has 1 aromatic heterocycles. The number of aryl methyl sites for hydroxylation is 2. The number of aromatic nitrogens is 1. The molecule has 0 spiro atoms. The summed E-state index contributed by atoms with van der Waals surface area (Å²) in [5, 5.41) is 4.26. The maximum atomic E-state index is 13.7. The summed E-state index contributed by atoms with van der Waals surface area (Å²) in [5.74, 6) is -0.0531. The van der Waals surface area contributed by atoms with Crippen LogP contribution in [0.4, 0.5) is 11.4 Å². The molecule has 0 radical (unpaired) electrons. The molecule has 2 fully saturated rings. The molecule has 2 saturated heterocycles. The van der Waals surface area contributed by atoms with Gasteiger partial charge in [0.1, 0.15) is 0 Å². The van der Waals surface area contributed by atoms with Crippen LogP contribution in [0.1, 0.15) is 53.4 Å². The second-order valence-electron chi connectivity index (χ2n) is 9.90. The van der Waals surface area contributed by atoms with Crippen LogP contribution in [-0.4, -0.2) is 54.7 Å². The van der Waals surface area contributed by atoms with E-state index >= 15 is 0 Å². The first-order valence-electron chi connectivity index (χ1n) is 12.9. The van der Waals surface area contributed by atoms with Gasteiger partial charge in [0, 0.05) is 54.7 Å². The minimum Gasteiger partial charge on any atom is -0.379 e. The fourth-order valence-corrected chi connectivity index (χ4v) is 5.55. The average molecular weight is 473 g/mol. The number of fused-ring (bicyclic) bond motifs is 1. The maximum Gasteiger partial charge on any atom is 0.257 e. The SMILES string of the molecule is CCC1CCCN1c1ccc(CN2CCOCC2)cc1C(=O)Nc1ccc2nc(C)cc(C)c2c1. The fraction of sp³-hybridized carbons (Fsp3) is 0.448. The predicted molar refractivity (Wildman–Crippen MR) is 142 cm³/mol. The molecule has 0 bridgehead atoms. The Hall–Kier alpha value is -2.96. The van der Waals surface area contributed by atoms with Gasteiger partial charge in [0.25, 0.3) is 5.91 Å². The fourth-order valence-electron chi connectivity index (χ4n) is 5.55. The minimum atomic E-state index is -0.0531. The number of anilines is 2. The summed E-state index contributed by atoms with van der Waals surface area (Å²) in [4.78, 5) is 23.2. The number of carbonyl (C=O) groups is 1. The van der Waals surface area contributed by atoms with Crippen molar-refractivity contribution in [1.29, 1.82) is 0 Å². The Kier molecular flexibility index (Phi) is 7.02. The van der Waals surface area contributed by atoms with Crippen LogP contribution in [0, 0.1) is 13.8 Å². The molecule has 6 heteroatoms. The number of carbonyl (C=O) groups excluding carboxylic acids is 1. The Morgan fingerprint density at radius 1 is 1.09 bits per heavy atom. The number of pyridine rings is 1. The lowest BCUT2D eigenvalue weighted by molar-refractivity contribution is 0.0342. The van der Waals surface area contributed by atoms with Crippen LogP contribution in [0.5, 0.6) is 0 Å². The van der Waals surface area contributed by atoms with E-state index in [4.69, 9.17) is 4.74 Å². The lowest BCUT2D eigenvalue weighted by Crippen LogP contribution is -2.35. The Morgan fingerprint density at radius 2 is 1.91 bits per heavy atom. The van der Waals surface area contributed by atoms with Gasteiger partial charge < -0.3 is 15.0 Å². The molecular weight excluding hydrogens is 436 g/mol. The zero-order valence-electron chi connectivity index (χ0n) is 21.1. The second-order valence-corrected chi connectivity index (χ2v) is 9.90. The topological polar surface area (TPSA) is 57.7 Å². The van der Waals surface area contributed by atoms with Crippen molar-refractivity contribution in [3.05, 3.63) is 64.8 Å². The van der Waals surface area contributed by atoms with Gasteiger partial charge >= 0.3 is 0 Å². The number of morpholine rings is 1. The maximum absolute atomic E-state index is 13.7. The Morgan fingerprint density at radius 3 is 2.71 bits per heavy atom. The van der Waals surface area contributed by atoms with E-state index in [2.05, 4.69) is 58.2 Å². The third kappa shape index (κ3) is 5.19. The summed E-state index contributed by atoms with van der Waals surface area (Å²) >= 11 is 0. The summed E-state index contributed by atoms with van der Waals surface area (Å²) in [6, 6.07) is 15.0. The van der Waals surface area contributed by atoms with Gasteiger partial charge in [-0.2, -0.15) is 0 Å². The van der Waals surface area contributed by atoms with E-state index in [9.17, 15) is 4.79 Å². The summed E-state index contributed by atoms with van der Waals surface area (Å²) in [6.07, 6.45) is 3.45. The van der Waals surface area contributed by atoms with Crippen molar-refractivity contribution in [2.75, 3.05) is 43.1 Å². The molecule has 184 valence electrons. The summed E-state index contributed by atoms with van der Waals surface area (Å²) in [7, 11) is 0. The molecule has 1 N–H and O–H groups in total. The second kappa shape index (κ2) is 10.3. The van der Waals surface area contributed by atoms with Crippen LogP contribution in [0.3, 0.4) is 0 Å². The standard InChI is InChI=1S/C29H36N4O2/c1-4-24-6-5-11-33(24)28-10-7-22(19-32-12-14-35-15-13-32)17-26(28)29(34)31-23-8-9-27-25(18-23)20(2)16-21(3)30-27/h7-10,16-18,24H,4-6,11-15,19H2,1-3H3,(H,31,34). The highest BCUT2D eigenvalue weighted by Crippen LogP contribution is 2.32. The number of hydrogen-bond acceptors (Lipinski definition) is 5. The van der Waals surface area contributed by atoms with Crippen molar-refractivity contribution in [3.63, 3.8) is 0 Å². The third-order valence-electron chi connectivity index (χ3n) is 7.37. The van der Waals surface area contributed by atoms with E-state index in [0.29, 0.717) is 6.04 Å². The first-order chi connectivity index (χ1) is 17.0. The van der Waals surface area contributed by atoms with Crippen LogP contribution in [0.15, 0.2) is 42.5 Å². The van der Waals surface area contributed by atoms with Crippen LogP contribution >= 0.6 is 0 Å². The summed E-state index contributed by atoms with van der Waals surface area (Å²) < 4.78 is 5.50. The molecule has 2 aliphatic rings. The van der Waals surface area contributed by atoms with Gasteiger partial charge in [-0.1, -0.05) is 13.0 Å². The first-order valence-corrected chi connectivity index (χ1v) is 12.9. The quantitative estimate of drug-likeness (QED) is 0.527. The molecule has 0 aliphatic carbocycles. The zero-order valence-corrected chi connectivity index (χ0v) is 21.1. The Bertz CT molecular complexity index is 1220. The molecule has 1 unspecified atom stereocenters. The number of nitrogens with zero attached hydrogens (tertiary/aromatic N) is 3. The van der Waals surface area contributed by atoms with Gasteiger partial charge in [0.05, 0.1) is 24.3 Å². The van der Waals surface area contributed by atoms with E-state index < -0.39 is 0 Å². The summed E-state index contributed by atoms with van der Waals surface area (Å²) in [6.45, 7) is 11.6. The summed E-state index contributed by atoms with van der Waals surface area (Å²) in [5.41, 5.74) is 6.90. The van der Waals surface area contributed by atoms with E-state index in [1.807, 2.05) is 25.1 Å². The third-order valence-corrected chi connectivity index (χ3v) is 7.37. The van der Waals surface area contributed by atoms with E-state index in [-0.39, 0.29) is 5.91 Å². The molecular formula is C29H36N4O2. The normalized spacial score (nSPS) is 18.8. The van der Waals surface area contributed by atoms with Crippen molar-refractivity contribution in [2.45, 2.75) is 52.6 Å². The number of ether oxygens (including phenoxy) is 1. The molecule has 35 heavy (non-hydrogen) atoms. The average Bonchev–Trinajstić information content (AvgIpc) is 3.34. The molecule has 1 atom stereocenters.